The van der Waals surface area contributed by atoms with Gasteiger partial charge in [0.2, 0.25) is 0 Å². The number of hydrogen-bond acceptors (Lipinski definition) is 7. The Labute approximate surface area is 131 Å². The number of benzene rings is 1. The van der Waals surface area contributed by atoms with Crippen molar-refractivity contribution < 1.29 is 34.4 Å². The second-order valence-electron chi connectivity index (χ2n) is 5.77. The van der Waals surface area contributed by atoms with E-state index in [1.54, 1.807) is 12.1 Å². The van der Waals surface area contributed by atoms with Gasteiger partial charge in [-0.1, -0.05) is 12.1 Å². The van der Waals surface area contributed by atoms with Crippen molar-refractivity contribution in [2.75, 3.05) is 0 Å². The maximum Gasteiger partial charge on any atom is 0.338 e. The van der Waals surface area contributed by atoms with Crippen LogP contribution in [0.25, 0.3) is 6.08 Å². The third kappa shape index (κ3) is 3.06. The molecule has 1 aromatic rings. The molecule has 1 saturated heterocycles. The highest BCUT2D eigenvalue weighted by molar-refractivity contribution is 5.87. The van der Waals surface area contributed by atoms with Gasteiger partial charge in [-0.3, -0.25) is 0 Å². The molecule has 1 aliphatic heterocycles. The zero-order valence-electron chi connectivity index (χ0n) is 12.1. The van der Waals surface area contributed by atoms with Gasteiger partial charge in [0, 0.05) is 18.9 Å². The summed E-state index contributed by atoms with van der Waals surface area (Å²) in [4.78, 5) is 23.4. The van der Waals surface area contributed by atoms with Crippen molar-refractivity contribution in [2.24, 2.45) is 0 Å². The molecular formula is C16H16O7. The molecule has 1 saturated carbocycles. The Bertz CT molecular complexity index is 651. The lowest BCUT2D eigenvalue weighted by Crippen LogP contribution is -2.50. The predicted molar refractivity (Wildman–Crippen MR) is 77.1 cm³/mol. The number of rotatable bonds is 3. The summed E-state index contributed by atoms with van der Waals surface area (Å²) in [6.07, 6.45) is -0.563. The molecule has 0 radical (unpaired) electrons. The average Bonchev–Trinajstić information content (AvgIpc) is 2.76. The van der Waals surface area contributed by atoms with Gasteiger partial charge in [-0.25, -0.2) is 9.59 Å². The van der Waals surface area contributed by atoms with Crippen LogP contribution in [0.4, 0.5) is 0 Å². The second kappa shape index (κ2) is 5.68. The van der Waals surface area contributed by atoms with E-state index in [1.807, 2.05) is 0 Å². The summed E-state index contributed by atoms with van der Waals surface area (Å²) in [6, 6.07) is 6.19. The van der Waals surface area contributed by atoms with Crippen LogP contribution in [-0.4, -0.2) is 51.2 Å². The fourth-order valence-corrected chi connectivity index (χ4v) is 2.80. The van der Waals surface area contributed by atoms with Gasteiger partial charge in [-0.2, -0.15) is 0 Å². The van der Waals surface area contributed by atoms with Crippen LogP contribution in [0.15, 0.2) is 30.3 Å². The Morgan fingerprint density at radius 3 is 2.70 bits per heavy atom. The highest BCUT2D eigenvalue weighted by atomic mass is 16.6. The van der Waals surface area contributed by atoms with Gasteiger partial charge < -0.3 is 24.8 Å². The van der Waals surface area contributed by atoms with Crippen molar-refractivity contribution in [3.63, 3.8) is 0 Å². The minimum Gasteiger partial charge on any atom is -0.508 e. The van der Waals surface area contributed by atoms with E-state index in [4.69, 9.17) is 9.47 Å². The highest BCUT2D eigenvalue weighted by Gasteiger charge is 2.58. The number of aliphatic hydroxyl groups is 2. The van der Waals surface area contributed by atoms with Crippen molar-refractivity contribution in [3.05, 3.63) is 35.9 Å². The van der Waals surface area contributed by atoms with E-state index in [0.717, 1.165) is 0 Å². The molecule has 2 bridgehead atoms. The number of esters is 2. The molecule has 1 aliphatic carbocycles. The number of aromatic hydroxyl groups is 1. The monoisotopic (exact) mass is 320 g/mol. The largest absolute Gasteiger partial charge is 0.508 e. The normalized spacial score (nSPS) is 32.8. The standard InChI is InChI=1S/C16H16O7/c17-10-4-1-9(2-5-10)3-6-13(18)22-11-7-16(21)8-12(14(11)19)23-15(16)20/h1-6,11-12,14,17,19,21H,7-8H2/b6-3+/t11-,12-,14-,16-/m1/s1. The summed E-state index contributed by atoms with van der Waals surface area (Å²) in [7, 11) is 0. The van der Waals surface area contributed by atoms with Gasteiger partial charge in [0.05, 0.1) is 0 Å². The van der Waals surface area contributed by atoms with Crippen LogP contribution in [0.1, 0.15) is 18.4 Å². The van der Waals surface area contributed by atoms with Crippen molar-refractivity contribution in [1.82, 2.24) is 0 Å². The fraction of sp³-hybridized carbons (Fsp3) is 0.375. The number of aliphatic hydroxyl groups excluding tert-OH is 1. The van der Waals surface area contributed by atoms with E-state index in [0.29, 0.717) is 5.56 Å². The molecule has 4 atom stereocenters. The first-order valence-electron chi connectivity index (χ1n) is 7.17. The van der Waals surface area contributed by atoms with Crippen LogP contribution < -0.4 is 0 Å². The molecule has 1 aromatic carbocycles. The number of phenols is 1. The van der Waals surface area contributed by atoms with Crippen molar-refractivity contribution in [3.8, 4) is 5.75 Å². The lowest BCUT2D eigenvalue weighted by Gasteiger charge is -2.32. The zero-order valence-corrected chi connectivity index (χ0v) is 12.1. The summed E-state index contributed by atoms with van der Waals surface area (Å²) in [5.41, 5.74) is -1.02. The topological polar surface area (TPSA) is 113 Å². The molecule has 122 valence electrons. The molecule has 2 fully saturated rings. The number of hydrogen-bond donors (Lipinski definition) is 3. The van der Waals surface area contributed by atoms with Crippen LogP contribution in [-0.2, 0) is 19.1 Å². The van der Waals surface area contributed by atoms with Crippen molar-refractivity contribution >= 4 is 18.0 Å². The third-order valence-corrected chi connectivity index (χ3v) is 4.05. The summed E-state index contributed by atoms with van der Waals surface area (Å²) >= 11 is 0. The van der Waals surface area contributed by atoms with Crippen LogP contribution in [0.3, 0.4) is 0 Å². The van der Waals surface area contributed by atoms with Gasteiger partial charge in [0.15, 0.2) is 5.60 Å². The predicted octanol–water partition coefficient (Wildman–Crippen LogP) is 0.128. The van der Waals surface area contributed by atoms with E-state index in [-0.39, 0.29) is 18.6 Å². The molecule has 7 heteroatoms. The zero-order chi connectivity index (χ0) is 16.6. The minimum absolute atomic E-state index is 0.00436. The van der Waals surface area contributed by atoms with Gasteiger partial charge in [0.1, 0.15) is 24.1 Å². The number of carbonyl (C=O) groups excluding carboxylic acids is 2. The van der Waals surface area contributed by atoms with Gasteiger partial charge >= 0.3 is 11.9 Å². The quantitative estimate of drug-likeness (QED) is 0.536. The SMILES string of the molecule is O=C(/C=C/c1ccc(O)cc1)O[C@@H]1C[C@@]2(O)C[C@@H](OC2=O)[C@@H]1O. The molecule has 3 N–H and O–H groups in total. The van der Waals surface area contributed by atoms with E-state index in [1.165, 1.54) is 24.3 Å². The molecule has 23 heavy (non-hydrogen) atoms. The number of ether oxygens (including phenoxy) is 2. The molecule has 0 unspecified atom stereocenters. The molecule has 0 aromatic heterocycles. The Morgan fingerprint density at radius 1 is 1.30 bits per heavy atom. The summed E-state index contributed by atoms with van der Waals surface area (Å²) in [6.45, 7) is 0. The molecule has 3 rings (SSSR count). The first-order chi connectivity index (χ1) is 10.9. The Morgan fingerprint density at radius 2 is 2.00 bits per heavy atom. The van der Waals surface area contributed by atoms with E-state index in [9.17, 15) is 24.9 Å². The maximum absolute atomic E-state index is 11.8. The summed E-state index contributed by atoms with van der Waals surface area (Å²) < 4.78 is 10.0. The van der Waals surface area contributed by atoms with E-state index >= 15 is 0 Å². The first kappa shape index (κ1) is 15.5. The second-order valence-corrected chi connectivity index (χ2v) is 5.77. The van der Waals surface area contributed by atoms with Crippen LogP contribution >= 0.6 is 0 Å². The van der Waals surface area contributed by atoms with Gasteiger partial charge in [0.25, 0.3) is 0 Å². The Hall–Kier alpha value is -2.38. The number of phenolic OH excluding ortho intramolecular Hbond substituents is 1. The highest BCUT2D eigenvalue weighted by Crippen LogP contribution is 2.39. The summed E-state index contributed by atoms with van der Waals surface area (Å²) in [5.74, 6) is -1.39. The van der Waals surface area contributed by atoms with Crippen molar-refractivity contribution in [1.29, 1.82) is 0 Å². The molecule has 7 nitrogen and oxygen atoms in total. The third-order valence-electron chi connectivity index (χ3n) is 4.05. The fourth-order valence-electron chi connectivity index (χ4n) is 2.80. The van der Waals surface area contributed by atoms with Crippen LogP contribution in [0.2, 0.25) is 0 Å². The Kier molecular flexibility index (Phi) is 3.83. The van der Waals surface area contributed by atoms with E-state index in [2.05, 4.69) is 0 Å². The minimum atomic E-state index is -1.70. The van der Waals surface area contributed by atoms with Crippen LogP contribution in [0.5, 0.6) is 5.75 Å². The molecular weight excluding hydrogens is 304 g/mol. The van der Waals surface area contributed by atoms with E-state index < -0.39 is 35.9 Å². The first-order valence-corrected chi connectivity index (χ1v) is 7.17. The average molecular weight is 320 g/mol. The van der Waals surface area contributed by atoms with Crippen molar-refractivity contribution in [2.45, 2.75) is 36.8 Å². The summed E-state index contributed by atoms with van der Waals surface area (Å²) in [5, 5.41) is 29.3. The number of fused-ring (bicyclic) bond motifs is 2. The Balaban J connectivity index is 1.64. The maximum atomic E-state index is 11.8. The molecule has 0 spiro atoms. The number of carbonyl (C=O) groups is 2. The lowest BCUT2D eigenvalue weighted by atomic mass is 9.82. The molecule has 0 amide bonds. The molecule has 2 aliphatic rings. The molecule has 1 heterocycles. The van der Waals surface area contributed by atoms with Gasteiger partial charge in [-0.15, -0.1) is 0 Å². The van der Waals surface area contributed by atoms with Gasteiger partial charge in [-0.05, 0) is 23.8 Å². The van der Waals surface area contributed by atoms with Crippen LogP contribution in [0, 0.1) is 0 Å². The lowest BCUT2D eigenvalue weighted by molar-refractivity contribution is -0.162. The smallest absolute Gasteiger partial charge is 0.338 e.